The van der Waals surface area contributed by atoms with E-state index >= 15 is 0 Å². The molecule has 4 nitrogen and oxygen atoms in total. The van der Waals surface area contributed by atoms with Crippen molar-refractivity contribution in [3.8, 4) is 44.9 Å². The van der Waals surface area contributed by atoms with Crippen molar-refractivity contribution in [2.75, 3.05) is 23.8 Å². The van der Waals surface area contributed by atoms with Gasteiger partial charge in [0.15, 0.2) is 0 Å². The summed E-state index contributed by atoms with van der Waals surface area (Å²) in [7, 11) is -0.947. The minimum absolute atomic E-state index is 0.215. The third kappa shape index (κ3) is 14.3. The van der Waals surface area contributed by atoms with Gasteiger partial charge in [0.1, 0.15) is 11.5 Å². The summed E-state index contributed by atoms with van der Waals surface area (Å²) in [6.07, 6.45) is 5.82. The largest absolute Gasteiger partial charge is 0.507 e. The molecule has 0 fully saturated rings. The van der Waals surface area contributed by atoms with Gasteiger partial charge in [-0.1, -0.05) is 248 Å². The topological polar surface area (TPSA) is 65.2 Å². The van der Waals surface area contributed by atoms with Crippen LogP contribution in [0.2, 0.25) is 0 Å². The van der Waals surface area contributed by atoms with E-state index in [-0.39, 0.29) is 22.3 Å². The molecule has 0 spiro atoms. The van der Waals surface area contributed by atoms with E-state index in [1.807, 2.05) is 36.0 Å². The number of thioether (sulfide) groups is 2. The van der Waals surface area contributed by atoms with E-state index in [1.54, 1.807) is 0 Å². The van der Waals surface area contributed by atoms with Crippen LogP contribution in [-0.4, -0.2) is 46.5 Å². The van der Waals surface area contributed by atoms with E-state index in [9.17, 15) is 10.2 Å². The summed E-state index contributed by atoms with van der Waals surface area (Å²) in [5.41, 5.74) is 9.74. The van der Waals surface area contributed by atoms with Gasteiger partial charge in [-0.3, -0.25) is 9.98 Å². The Kier molecular flexibility index (Phi) is 19.1. The van der Waals surface area contributed by atoms with E-state index < -0.39 is 15.8 Å². The Bertz CT molecular complexity index is 4140. The van der Waals surface area contributed by atoms with Crippen molar-refractivity contribution in [2.45, 2.75) is 62.2 Å². The molecule has 0 amide bonds. The number of aliphatic imine (C=N–C) groups is 2. The summed E-state index contributed by atoms with van der Waals surface area (Å²) in [6.45, 7) is 12.9. The molecular formula is C82H74N2O2P2S2. The molecular weight excluding hydrogens is 1170 g/mol. The molecule has 0 radical (unpaired) electrons. The van der Waals surface area contributed by atoms with E-state index in [1.165, 1.54) is 31.0 Å². The highest BCUT2D eigenvalue weighted by molar-refractivity contribution is 8.00. The average Bonchev–Trinajstić information content (AvgIpc) is 1.13. The number of fused-ring (bicyclic) bond motifs is 2. The van der Waals surface area contributed by atoms with Crippen molar-refractivity contribution >= 4 is 106 Å². The Morgan fingerprint density at radius 1 is 0.356 bits per heavy atom. The van der Waals surface area contributed by atoms with Crippen LogP contribution >= 0.6 is 39.4 Å². The number of rotatable bonds is 19. The third-order valence-electron chi connectivity index (χ3n) is 16.5. The second kappa shape index (κ2) is 27.8. The summed E-state index contributed by atoms with van der Waals surface area (Å²) in [4.78, 5) is 13.2. The number of benzene rings is 12. The van der Waals surface area contributed by atoms with Crippen LogP contribution in [0.3, 0.4) is 0 Å². The molecule has 0 aliphatic heterocycles. The number of hydrogen-bond donors (Lipinski definition) is 2. The number of phenolic OH excluding ortho intramolecular Hbond substituents is 2. The Hall–Kier alpha value is -8.34. The van der Waals surface area contributed by atoms with E-state index in [2.05, 4.69) is 308 Å². The van der Waals surface area contributed by atoms with Crippen LogP contribution in [0.25, 0.3) is 54.9 Å². The van der Waals surface area contributed by atoms with E-state index in [0.717, 1.165) is 101 Å². The van der Waals surface area contributed by atoms with Gasteiger partial charge in [-0.2, -0.15) is 0 Å². The smallest absolute Gasteiger partial charge is 0.128 e. The van der Waals surface area contributed by atoms with Crippen LogP contribution in [0, 0.1) is 0 Å². The molecule has 0 aliphatic rings. The molecule has 0 aromatic heterocycles. The molecule has 8 heteroatoms. The molecule has 446 valence electrons. The number of hydrogen-bond acceptors (Lipinski definition) is 6. The molecule has 2 N–H and O–H groups in total. The molecule has 0 heterocycles. The Morgan fingerprint density at radius 2 is 0.678 bits per heavy atom. The Balaban J connectivity index is 0.856. The van der Waals surface area contributed by atoms with Crippen LogP contribution in [0.4, 0.5) is 11.4 Å². The first-order chi connectivity index (χ1) is 43.7. The fourth-order valence-electron chi connectivity index (χ4n) is 11.8. The van der Waals surface area contributed by atoms with Gasteiger partial charge < -0.3 is 10.2 Å². The average molecular weight is 1250 g/mol. The molecule has 12 rings (SSSR count). The number of nitrogens with zero attached hydrogens (tertiary/aromatic N) is 2. The van der Waals surface area contributed by atoms with Crippen molar-refractivity contribution in [3.05, 3.63) is 289 Å². The van der Waals surface area contributed by atoms with Gasteiger partial charge in [0.25, 0.3) is 0 Å². The van der Waals surface area contributed by atoms with Crippen molar-refractivity contribution in [2.24, 2.45) is 9.98 Å². The quantitative estimate of drug-likeness (QED) is 0.0481. The number of aromatic hydroxyl groups is 2. The standard InChI is InChI=1S/C82H74N2O2P2S2/c1-81(2,3)73-53-61(57-35-41-69(42-36-57)89-49-47-87(65-25-11-7-12-26-65)66-27-13-8-14-28-66)51-63(79(73)85)55-83-75-45-39-59-23-19-21-33-71(59)77(75)78-72-34-22-20-24-60(72)40-46-76(78)84-56-64-52-62(54-74(80(64)86)82(4,5)6)58-37-43-70(44-38-58)90-50-48-88(67-29-15-9-16-30-67)68-31-17-10-18-32-68/h7-46,51-56,85-86H,47-50H2,1-6H3/b83-55+,84-56+. The SMILES string of the molecule is CC(C)(C)c1cc(-c2ccc(SCCP(c3ccccc3)c3ccccc3)cc2)cc(/C=N/c2ccc3ccccc3c2-c2c(/N=C/c3cc(-c4ccc(SCCP(c5ccccc5)c5ccccc5)cc4)cc(C(C)(C)C)c3O)ccc3ccccc23)c1O. The summed E-state index contributed by atoms with van der Waals surface area (Å²) in [6, 6.07) is 95.1. The maximum Gasteiger partial charge on any atom is 0.128 e. The molecule has 0 atom stereocenters. The zero-order chi connectivity index (χ0) is 62.2. The summed E-state index contributed by atoms with van der Waals surface area (Å²) in [5.74, 6) is 2.44. The molecule has 0 bridgehead atoms. The fourth-order valence-corrected chi connectivity index (χ4v) is 18.8. The van der Waals surface area contributed by atoms with Gasteiger partial charge in [0.2, 0.25) is 0 Å². The van der Waals surface area contributed by atoms with Crippen LogP contribution in [-0.2, 0) is 10.8 Å². The van der Waals surface area contributed by atoms with Crippen LogP contribution in [0.5, 0.6) is 11.5 Å². The maximum absolute atomic E-state index is 12.2. The highest BCUT2D eigenvalue weighted by Crippen LogP contribution is 2.47. The molecule has 0 saturated heterocycles. The first kappa shape index (κ1) is 61.9. The lowest BCUT2D eigenvalue weighted by molar-refractivity contribution is 0.445. The first-order valence-electron chi connectivity index (χ1n) is 30.8. The third-order valence-corrected chi connectivity index (χ3v) is 24.1. The minimum Gasteiger partial charge on any atom is -0.507 e. The summed E-state index contributed by atoms with van der Waals surface area (Å²) < 4.78 is 0. The molecule has 0 saturated carbocycles. The molecule has 90 heavy (non-hydrogen) atoms. The van der Waals surface area contributed by atoms with Gasteiger partial charge in [0.05, 0.1) is 11.4 Å². The fraction of sp³-hybridized carbons (Fsp3) is 0.146. The lowest BCUT2D eigenvalue weighted by atomic mass is 9.83. The number of phenols is 2. The van der Waals surface area contributed by atoms with Gasteiger partial charge in [-0.15, -0.1) is 23.5 Å². The van der Waals surface area contributed by atoms with Crippen molar-refractivity contribution < 1.29 is 10.2 Å². The van der Waals surface area contributed by atoms with Crippen molar-refractivity contribution in [1.29, 1.82) is 0 Å². The van der Waals surface area contributed by atoms with E-state index in [0.29, 0.717) is 11.1 Å². The summed E-state index contributed by atoms with van der Waals surface area (Å²) >= 11 is 3.80. The summed E-state index contributed by atoms with van der Waals surface area (Å²) in [5, 5.41) is 34.3. The second-order valence-corrected chi connectivity index (χ2v) is 31.7. The predicted molar refractivity (Wildman–Crippen MR) is 395 cm³/mol. The first-order valence-corrected chi connectivity index (χ1v) is 35.8. The van der Waals surface area contributed by atoms with Crippen LogP contribution in [0.15, 0.2) is 287 Å². The van der Waals surface area contributed by atoms with Crippen LogP contribution < -0.4 is 21.2 Å². The highest BCUT2D eigenvalue weighted by Gasteiger charge is 2.25. The Labute approximate surface area is 542 Å². The molecule has 0 unspecified atom stereocenters. The van der Waals surface area contributed by atoms with Crippen LogP contribution in [0.1, 0.15) is 63.8 Å². The normalized spacial score (nSPS) is 12.1. The van der Waals surface area contributed by atoms with Crippen molar-refractivity contribution in [1.82, 2.24) is 0 Å². The lowest BCUT2D eigenvalue weighted by Crippen LogP contribution is -2.14. The predicted octanol–water partition coefficient (Wildman–Crippen LogP) is 21.0. The highest BCUT2D eigenvalue weighted by atomic mass is 32.2. The second-order valence-electron chi connectivity index (χ2n) is 24.7. The molecule has 12 aromatic rings. The zero-order valence-corrected chi connectivity index (χ0v) is 55.3. The zero-order valence-electron chi connectivity index (χ0n) is 51.9. The monoisotopic (exact) mass is 1240 g/mol. The van der Waals surface area contributed by atoms with Gasteiger partial charge in [0, 0.05) is 67.1 Å². The molecule has 0 aliphatic carbocycles. The Morgan fingerprint density at radius 3 is 1.01 bits per heavy atom. The van der Waals surface area contributed by atoms with Gasteiger partial charge >= 0.3 is 0 Å². The molecule has 12 aromatic carbocycles. The lowest BCUT2D eigenvalue weighted by Gasteiger charge is -2.23. The van der Waals surface area contributed by atoms with Gasteiger partial charge in [-0.05, 0) is 165 Å². The van der Waals surface area contributed by atoms with E-state index in [4.69, 9.17) is 9.98 Å². The van der Waals surface area contributed by atoms with Gasteiger partial charge in [-0.25, -0.2) is 0 Å². The maximum atomic E-state index is 12.2. The minimum atomic E-state index is -0.473. The van der Waals surface area contributed by atoms with Crippen molar-refractivity contribution in [3.63, 3.8) is 0 Å².